The molecule has 0 aromatic rings. The minimum absolute atomic E-state index is 1.05. The minimum Gasteiger partial charge on any atom is -0.0654 e. The summed E-state index contributed by atoms with van der Waals surface area (Å²) in [4.78, 5) is 0. The standard InChI is InChI=1S/C21H41/c1-2-3-4-5-6-7-8-9-10-11-12-13-15-18-21-19-16-14-17-20-21/h16,21H,2-15,17-20H2,1H3. The van der Waals surface area contributed by atoms with Crippen LogP contribution in [0.15, 0.2) is 0 Å². The van der Waals surface area contributed by atoms with Crippen molar-refractivity contribution >= 4 is 0 Å². The summed E-state index contributed by atoms with van der Waals surface area (Å²) in [7, 11) is 0. The second-order valence-corrected chi connectivity index (χ2v) is 7.35. The van der Waals surface area contributed by atoms with Crippen molar-refractivity contribution in [2.24, 2.45) is 5.92 Å². The Morgan fingerprint density at radius 1 is 0.714 bits per heavy atom. The van der Waals surface area contributed by atoms with E-state index in [9.17, 15) is 0 Å². The van der Waals surface area contributed by atoms with Crippen molar-refractivity contribution in [2.45, 2.75) is 122 Å². The van der Waals surface area contributed by atoms with Gasteiger partial charge in [-0.15, -0.1) is 0 Å². The largest absolute Gasteiger partial charge is 0.0654 e. The molecule has 0 heteroatoms. The van der Waals surface area contributed by atoms with E-state index in [0.29, 0.717) is 0 Å². The minimum atomic E-state index is 1.05. The second kappa shape index (κ2) is 14.9. The second-order valence-electron chi connectivity index (χ2n) is 7.35. The van der Waals surface area contributed by atoms with Gasteiger partial charge < -0.3 is 0 Å². The SMILES string of the molecule is CCCCCCCCCCCCCCCC1C[CH]CCC1. The van der Waals surface area contributed by atoms with Crippen LogP contribution in [-0.2, 0) is 0 Å². The van der Waals surface area contributed by atoms with Crippen molar-refractivity contribution in [2.75, 3.05) is 0 Å². The number of unbranched alkanes of at least 4 members (excludes halogenated alkanes) is 12. The Hall–Kier alpha value is 0. The van der Waals surface area contributed by atoms with Crippen LogP contribution in [0, 0.1) is 12.3 Å². The van der Waals surface area contributed by atoms with E-state index >= 15 is 0 Å². The van der Waals surface area contributed by atoms with Gasteiger partial charge in [0.25, 0.3) is 0 Å². The van der Waals surface area contributed by atoms with Crippen LogP contribution in [0.1, 0.15) is 122 Å². The van der Waals surface area contributed by atoms with E-state index in [1.54, 1.807) is 0 Å². The van der Waals surface area contributed by atoms with E-state index in [1.807, 2.05) is 0 Å². The van der Waals surface area contributed by atoms with Gasteiger partial charge in [-0.1, -0.05) is 116 Å². The molecular weight excluding hydrogens is 252 g/mol. The Labute approximate surface area is 135 Å². The van der Waals surface area contributed by atoms with E-state index in [0.717, 1.165) is 5.92 Å². The third-order valence-electron chi connectivity index (χ3n) is 5.24. The molecule has 0 aliphatic heterocycles. The van der Waals surface area contributed by atoms with Crippen LogP contribution < -0.4 is 0 Å². The van der Waals surface area contributed by atoms with Gasteiger partial charge in [-0.3, -0.25) is 0 Å². The van der Waals surface area contributed by atoms with E-state index < -0.39 is 0 Å². The number of hydrogen-bond donors (Lipinski definition) is 0. The van der Waals surface area contributed by atoms with Crippen LogP contribution in [0.25, 0.3) is 0 Å². The van der Waals surface area contributed by atoms with Crippen LogP contribution in [0.2, 0.25) is 0 Å². The molecule has 0 aromatic heterocycles. The smallest absolute Gasteiger partial charge is 0.0383 e. The average molecular weight is 294 g/mol. The zero-order valence-corrected chi connectivity index (χ0v) is 14.9. The lowest BCUT2D eigenvalue weighted by Crippen LogP contribution is -2.06. The van der Waals surface area contributed by atoms with Crippen molar-refractivity contribution < 1.29 is 0 Å². The molecule has 125 valence electrons. The molecule has 0 bridgehead atoms. The first-order chi connectivity index (χ1) is 10.4. The van der Waals surface area contributed by atoms with Gasteiger partial charge in [0, 0.05) is 0 Å². The van der Waals surface area contributed by atoms with Crippen molar-refractivity contribution in [3.63, 3.8) is 0 Å². The molecule has 1 saturated carbocycles. The molecule has 0 saturated heterocycles. The summed E-state index contributed by atoms with van der Waals surface area (Å²) in [5.41, 5.74) is 0. The van der Waals surface area contributed by atoms with Gasteiger partial charge in [0.05, 0.1) is 0 Å². The Morgan fingerprint density at radius 2 is 1.24 bits per heavy atom. The zero-order valence-electron chi connectivity index (χ0n) is 14.9. The van der Waals surface area contributed by atoms with Crippen LogP contribution in [-0.4, -0.2) is 0 Å². The van der Waals surface area contributed by atoms with Gasteiger partial charge in [0.1, 0.15) is 0 Å². The lowest BCUT2D eigenvalue weighted by Gasteiger charge is -2.20. The molecular formula is C21H41. The molecule has 1 radical (unpaired) electrons. The maximum absolute atomic E-state index is 2.52. The highest BCUT2D eigenvalue weighted by Crippen LogP contribution is 2.27. The molecule has 21 heavy (non-hydrogen) atoms. The molecule has 0 nitrogen and oxygen atoms in total. The highest BCUT2D eigenvalue weighted by atomic mass is 14.2. The maximum Gasteiger partial charge on any atom is -0.0383 e. The third-order valence-corrected chi connectivity index (χ3v) is 5.24. The Morgan fingerprint density at radius 3 is 1.71 bits per heavy atom. The lowest BCUT2D eigenvalue weighted by atomic mass is 9.85. The van der Waals surface area contributed by atoms with Gasteiger partial charge in [-0.05, 0) is 18.8 Å². The topological polar surface area (TPSA) is 0 Å². The van der Waals surface area contributed by atoms with E-state index in [1.165, 1.54) is 116 Å². The molecule has 1 rings (SSSR count). The molecule has 1 fully saturated rings. The predicted octanol–water partition coefficient (Wildman–Crippen LogP) is 7.86. The fourth-order valence-corrected chi connectivity index (χ4v) is 3.74. The van der Waals surface area contributed by atoms with E-state index in [4.69, 9.17) is 0 Å². The van der Waals surface area contributed by atoms with Crippen LogP contribution in [0.5, 0.6) is 0 Å². The lowest BCUT2D eigenvalue weighted by molar-refractivity contribution is 0.372. The zero-order chi connectivity index (χ0) is 15.0. The first-order valence-electron chi connectivity index (χ1n) is 10.2. The summed E-state index contributed by atoms with van der Waals surface area (Å²) in [6.45, 7) is 2.30. The van der Waals surface area contributed by atoms with Crippen molar-refractivity contribution in [1.82, 2.24) is 0 Å². The Balaban J connectivity index is 1.69. The van der Waals surface area contributed by atoms with Crippen LogP contribution in [0.3, 0.4) is 0 Å². The summed E-state index contributed by atoms with van der Waals surface area (Å²) in [6.07, 6.45) is 29.0. The number of rotatable bonds is 14. The Bertz CT molecular complexity index is 190. The first kappa shape index (κ1) is 19.0. The van der Waals surface area contributed by atoms with E-state index in [-0.39, 0.29) is 0 Å². The maximum atomic E-state index is 2.52. The summed E-state index contributed by atoms with van der Waals surface area (Å²) in [6, 6.07) is 0. The van der Waals surface area contributed by atoms with Crippen LogP contribution in [0.4, 0.5) is 0 Å². The molecule has 1 atom stereocenters. The highest BCUT2D eigenvalue weighted by molar-refractivity contribution is 4.77. The van der Waals surface area contributed by atoms with Crippen molar-refractivity contribution in [3.8, 4) is 0 Å². The van der Waals surface area contributed by atoms with E-state index in [2.05, 4.69) is 13.3 Å². The number of hydrogen-bond acceptors (Lipinski definition) is 0. The van der Waals surface area contributed by atoms with Crippen LogP contribution >= 0.6 is 0 Å². The highest BCUT2D eigenvalue weighted by Gasteiger charge is 2.12. The van der Waals surface area contributed by atoms with Gasteiger partial charge in [0.2, 0.25) is 0 Å². The Kier molecular flexibility index (Phi) is 13.5. The van der Waals surface area contributed by atoms with Crippen molar-refractivity contribution in [1.29, 1.82) is 0 Å². The predicted molar refractivity (Wildman–Crippen MR) is 96.6 cm³/mol. The fraction of sp³-hybridized carbons (Fsp3) is 0.952. The third kappa shape index (κ3) is 12.2. The van der Waals surface area contributed by atoms with Gasteiger partial charge >= 0.3 is 0 Å². The summed E-state index contributed by atoms with van der Waals surface area (Å²) >= 11 is 0. The van der Waals surface area contributed by atoms with Gasteiger partial charge in [-0.2, -0.15) is 0 Å². The normalized spacial score (nSPS) is 16.4. The molecule has 1 aliphatic carbocycles. The average Bonchev–Trinajstić information content (AvgIpc) is 2.53. The van der Waals surface area contributed by atoms with Gasteiger partial charge in [0.15, 0.2) is 0 Å². The molecule has 0 amide bonds. The quantitative estimate of drug-likeness (QED) is 0.286. The summed E-state index contributed by atoms with van der Waals surface area (Å²) in [5.74, 6) is 1.05. The summed E-state index contributed by atoms with van der Waals surface area (Å²) < 4.78 is 0. The molecule has 0 aromatic carbocycles. The molecule has 0 heterocycles. The van der Waals surface area contributed by atoms with Crippen molar-refractivity contribution in [3.05, 3.63) is 6.42 Å². The monoisotopic (exact) mass is 293 g/mol. The molecule has 0 spiro atoms. The summed E-state index contributed by atoms with van der Waals surface area (Å²) in [5, 5.41) is 0. The fourth-order valence-electron chi connectivity index (χ4n) is 3.74. The molecule has 1 unspecified atom stereocenters. The molecule has 0 N–H and O–H groups in total. The molecule has 1 aliphatic rings. The van der Waals surface area contributed by atoms with Gasteiger partial charge in [-0.25, -0.2) is 0 Å². The first-order valence-corrected chi connectivity index (χ1v) is 10.2.